The van der Waals surface area contributed by atoms with Gasteiger partial charge >= 0.3 is 0 Å². The van der Waals surface area contributed by atoms with Gasteiger partial charge in [-0.25, -0.2) is 18.2 Å². The van der Waals surface area contributed by atoms with E-state index in [0.717, 1.165) is 0 Å². The summed E-state index contributed by atoms with van der Waals surface area (Å²) in [6.07, 6.45) is 2.83. The first-order valence-electron chi connectivity index (χ1n) is 5.79. The molecule has 3 rings (SSSR count). The van der Waals surface area contributed by atoms with Gasteiger partial charge in [-0.3, -0.25) is 4.79 Å². The van der Waals surface area contributed by atoms with Gasteiger partial charge in [0.1, 0.15) is 23.1 Å². The first-order chi connectivity index (χ1) is 9.97. The number of halogens is 4. The number of hydrogen-bond donors (Lipinski definition) is 1. The van der Waals surface area contributed by atoms with Crippen LogP contribution in [0.5, 0.6) is 0 Å². The van der Waals surface area contributed by atoms with Gasteiger partial charge in [-0.15, -0.1) is 0 Å². The molecule has 1 aromatic carbocycles. The fourth-order valence-electron chi connectivity index (χ4n) is 2.06. The number of carbonyl (C=O) groups excluding carboxylic acids is 1. The van der Waals surface area contributed by atoms with Gasteiger partial charge in [0.2, 0.25) is 5.78 Å². The third-order valence-electron chi connectivity index (χ3n) is 2.98. The summed E-state index contributed by atoms with van der Waals surface area (Å²) in [7, 11) is 0. The number of aromatic nitrogens is 2. The molecular formula is C14H6BrF3N2O. The summed E-state index contributed by atoms with van der Waals surface area (Å²) >= 11 is 3.21. The van der Waals surface area contributed by atoms with Crippen LogP contribution in [0.15, 0.2) is 35.1 Å². The maximum absolute atomic E-state index is 13.7. The van der Waals surface area contributed by atoms with E-state index < -0.39 is 28.8 Å². The van der Waals surface area contributed by atoms with Gasteiger partial charge in [-0.1, -0.05) is 0 Å². The molecule has 2 aromatic heterocycles. The second kappa shape index (κ2) is 5.00. The highest BCUT2D eigenvalue weighted by atomic mass is 79.9. The Morgan fingerprint density at radius 1 is 1.14 bits per heavy atom. The number of aromatic amines is 1. The molecule has 7 heteroatoms. The van der Waals surface area contributed by atoms with Crippen molar-refractivity contribution < 1.29 is 18.0 Å². The molecule has 3 nitrogen and oxygen atoms in total. The molecule has 0 aliphatic heterocycles. The number of fused-ring (bicyclic) bond motifs is 1. The molecule has 3 aromatic rings. The summed E-state index contributed by atoms with van der Waals surface area (Å²) in [5.74, 6) is -4.44. The summed E-state index contributed by atoms with van der Waals surface area (Å²) in [5.41, 5.74) is -0.329. The van der Waals surface area contributed by atoms with Crippen molar-refractivity contribution in [2.45, 2.75) is 0 Å². The lowest BCUT2D eigenvalue weighted by molar-refractivity contribution is 0.103. The Balaban J connectivity index is 2.20. The van der Waals surface area contributed by atoms with E-state index in [0.29, 0.717) is 27.6 Å². The van der Waals surface area contributed by atoms with Crippen LogP contribution in [0.3, 0.4) is 0 Å². The second-order valence-electron chi connectivity index (χ2n) is 4.33. The van der Waals surface area contributed by atoms with Crippen LogP contribution in [0.1, 0.15) is 15.9 Å². The summed E-state index contributed by atoms with van der Waals surface area (Å²) in [6.45, 7) is 0. The number of nitrogens with zero attached hydrogens (tertiary/aromatic N) is 1. The topological polar surface area (TPSA) is 45.8 Å². The van der Waals surface area contributed by atoms with Crippen molar-refractivity contribution in [1.82, 2.24) is 9.97 Å². The Kier molecular flexibility index (Phi) is 3.29. The fourth-order valence-corrected chi connectivity index (χ4v) is 2.39. The van der Waals surface area contributed by atoms with Crippen LogP contribution in [0.2, 0.25) is 0 Å². The van der Waals surface area contributed by atoms with Crippen molar-refractivity contribution in [3.05, 3.63) is 63.6 Å². The molecule has 106 valence electrons. The normalized spacial score (nSPS) is 11.0. The van der Waals surface area contributed by atoms with Crippen LogP contribution in [0.25, 0.3) is 11.0 Å². The highest BCUT2D eigenvalue weighted by Crippen LogP contribution is 2.25. The number of rotatable bonds is 2. The molecule has 0 saturated carbocycles. The van der Waals surface area contributed by atoms with Crippen LogP contribution in [-0.4, -0.2) is 15.8 Å². The average molecular weight is 355 g/mol. The van der Waals surface area contributed by atoms with E-state index in [2.05, 4.69) is 25.9 Å². The lowest BCUT2D eigenvalue weighted by Crippen LogP contribution is -2.08. The lowest BCUT2D eigenvalue weighted by atomic mass is 10.0. The first-order valence-corrected chi connectivity index (χ1v) is 6.58. The van der Waals surface area contributed by atoms with E-state index >= 15 is 0 Å². The quantitative estimate of drug-likeness (QED) is 0.707. The van der Waals surface area contributed by atoms with E-state index in [9.17, 15) is 18.0 Å². The van der Waals surface area contributed by atoms with Gasteiger partial charge in [-0.2, -0.15) is 0 Å². The highest BCUT2D eigenvalue weighted by molar-refractivity contribution is 9.10. The Morgan fingerprint density at radius 2 is 1.81 bits per heavy atom. The summed E-state index contributed by atoms with van der Waals surface area (Å²) in [5, 5.41) is 0.414. The molecule has 0 amide bonds. The van der Waals surface area contributed by atoms with Crippen LogP contribution in [0, 0.1) is 17.5 Å². The maximum Gasteiger partial charge on any atom is 0.201 e. The van der Waals surface area contributed by atoms with Crippen molar-refractivity contribution in [3.63, 3.8) is 0 Å². The number of nitrogens with one attached hydrogen (secondary N) is 1. The number of carbonyl (C=O) groups is 1. The number of benzene rings is 1. The average Bonchev–Trinajstić information content (AvgIpc) is 2.80. The molecule has 21 heavy (non-hydrogen) atoms. The Hall–Kier alpha value is -2.15. The zero-order chi connectivity index (χ0) is 15.1. The van der Waals surface area contributed by atoms with Gasteiger partial charge in [-0.05, 0) is 22.0 Å². The SMILES string of the molecule is O=C(c1c(F)cc(F)cc1F)c1c[nH]c2ncc(Br)cc12. The molecule has 2 heterocycles. The van der Waals surface area contributed by atoms with Crippen molar-refractivity contribution in [1.29, 1.82) is 0 Å². The van der Waals surface area contributed by atoms with Crippen LogP contribution >= 0.6 is 15.9 Å². The third kappa shape index (κ3) is 2.33. The summed E-state index contributed by atoms with van der Waals surface area (Å²) in [6, 6.07) is 2.55. The second-order valence-corrected chi connectivity index (χ2v) is 5.24. The van der Waals surface area contributed by atoms with E-state index in [4.69, 9.17) is 0 Å². The molecular weight excluding hydrogens is 349 g/mol. The largest absolute Gasteiger partial charge is 0.345 e. The minimum atomic E-state index is -1.24. The van der Waals surface area contributed by atoms with Gasteiger partial charge in [0.15, 0.2) is 0 Å². The molecule has 1 N–H and O–H groups in total. The third-order valence-corrected chi connectivity index (χ3v) is 3.41. The van der Waals surface area contributed by atoms with Gasteiger partial charge in [0.25, 0.3) is 0 Å². The van der Waals surface area contributed by atoms with Gasteiger partial charge < -0.3 is 4.98 Å². The van der Waals surface area contributed by atoms with E-state index in [1.165, 1.54) is 12.4 Å². The van der Waals surface area contributed by atoms with Crippen LogP contribution in [0.4, 0.5) is 13.2 Å². The Morgan fingerprint density at radius 3 is 2.48 bits per heavy atom. The molecule has 0 atom stereocenters. The molecule has 0 fully saturated rings. The summed E-state index contributed by atoms with van der Waals surface area (Å²) < 4.78 is 40.9. The predicted octanol–water partition coefficient (Wildman–Crippen LogP) is 3.97. The molecule has 0 saturated heterocycles. The zero-order valence-corrected chi connectivity index (χ0v) is 11.8. The smallest absolute Gasteiger partial charge is 0.201 e. The molecule has 0 spiro atoms. The van der Waals surface area contributed by atoms with Crippen molar-refractivity contribution in [2.75, 3.05) is 0 Å². The van der Waals surface area contributed by atoms with Crippen LogP contribution in [-0.2, 0) is 0 Å². The van der Waals surface area contributed by atoms with Crippen molar-refractivity contribution >= 4 is 32.7 Å². The summed E-state index contributed by atoms with van der Waals surface area (Å²) in [4.78, 5) is 19.1. The number of pyridine rings is 1. The molecule has 0 radical (unpaired) electrons. The van der Waals surface area contributed by atoms with Gasteiger partial charge in [0.05, 0.1) is 5.56 Å². The predicted molar refractivity (Wildman–Crippen MR) is 73.5 cm³/mol. The number of ketones is 1. The zero-order valence-electron chi connectivity index (χ0n) is 10.3. The Labute approximate surface area is 124 Å². The Bertz CT molecular complexity index is 853. The van der Waals surface area contributed by atoms with Crippen molar-refractivity contribution in [2.24, 2.45) is 0 Å². The van der Waals surface area contributed by atoms with Crippen LogP contribution < -0.4 is 0 Å². The molecule has 0 aliphatic rings. The van der Waals surface area contributed by atoms with E-state index in [1.807, 2.05) is 0 Å². The lowest BCUT2D eigenvalue weighted by Gasteiger charge is -2.04. The minimum Gasteiger partial charge on any atom is -0.345 e. The molecule has 0 bridgehead atoms. The van der Waals surface area contributed by atoms with E-state index in [1.54, 1.807) is 6.07 Å². The highest BCUT2D eigenvalue weighted by Gasteiger charge is 2.23. The fraction of sp³-hybridized carbons (Fsp3) is 0. The van der Waals surface area contributed by atoms with Crippen molar-refractivity contribution in [3.8, 4) is 0 Å². The first kappa shape index (κ1) is 13.8. The number of H-pyrrole nitrogens is 1. The minimum absolute atomic E-state index is 0.0585. The maximum atomic E-state index is 13.7. The number of hydrogen-bond acceptors (Lipinski definition) is 2. The van der Waals surface area contributed by atoms with Gasteiger partial charge in [0, 0.05) is 39.9 Å². The molecule has 0 unspecified atom stereocenters. The molecule has 0 aliphatic carbocycles. The van der Waals surface area contributed by atoms with E-state index in [-0.39, 0.29) is 5.56 Å². The standard InChI is InChI=1S/C14H6BrF3N2O/c15-6-1-8-9(5-20-14(8)19-4-6)13(21)12-10(17)2-7(16)3-11(12)18/h1-5H,(H,19,20). The monoisotopic (exact) mass is 354 g/mol.